The minimum atomic E-state index is -2.20. The second-order valence-electron chi connectivity index (χ2n) is 6.92. The third-order valence-corrected chi connectivity index (χ3v) is 10.4. The number of aromatic nitrogens is 1. The highest BCUT2D eigenvalue weighted by atomic mass is 28.4. The Balaban J connectivity index is 2.21. The van der Waals surface area contributed by atoms with Crippen LogP contribution in [0.2, 0.25) is 18.1 Å². The molecule has 1 aliphatic carbocycles. The van der Waals surface area contributed by atoms with Crippen LogP contribution in [0.15, 0.2) is 16.9 Å². The summed E-state index contributed by atoms with van der Waals surface area (Å²) in [5.41, 5.74) is -0.0330. The predicted molar refractivity (Wildman–Crippen MR) is 100 cm³/mol. The van der Waals surface area contributed by atoms with Crippen LogP contribution >= 0.6 is 0 Å². The van der Waals surface area contributed by atoms with Crippen molar-refractivity contribution in [3.63, 3.8) is 0 Å². The van der Waals surface area contributed by atoms with Gasteiger partial charge in [-0.25, -0.2) is 4.79 Å². The van der Waals surface area contributed by atoms with E-state index in [-0.39, 0.29) is 6.42 Å². The van der Waals surface area contributed by atoms with Gasteiger partial charge in [-0.05, 0) is 18.1 Å². The van der Waals surface area contributed by atoms with Gasteiger partial charge in [0.15, 0.2) is 14.0 Å². The van der Waals surface area contributed by atoms with E-state index in [4.69, 9.17) is 24.8 Å². The molecule has 0 bridgehead atoms. The summed E-state index contributed by atoms with van der Waals surface area (Å²) in [4.78, 5) is 11.6. The molecule has 1 saturated heterocycles. The lowest BCUT2D eigenvalue weighted by molar-refractivity contribution is -0.193. The van der Waals surface area contributed by atoms with Crippen LogP contribution in [0, 0.1) is 12.3 Å². The summed E-state index contributed by atoms with van der Waals surface area (Å²) in [5.74, 6) is 0.474. The lowest BCUT2D eigenvalue weighted by Crippen LogP contribution is -2.53. The quantitative estimate of drug-likeness (QED) is 0.452. The average molecular weight is 391 g/mol. The molecule has 0 aromatic carbocycles. The number of carboxylic acids is 1. The number of ether oxygens (including phenoxy) is 2. The Hall–Kier alpha value is -1.92. The first-order chi connectivity index (χ1) is 12.9. The van der Waals surface area contributed by atoms with Crippen molar-refractivity contribution in [2.24, 2.45) is 0 Å². The van der Waals surface area contributed by atoms with Crippen molar-refractivity contribution in [2.75, 3.05) is 13.2 Å². The lowest BCUT2D eigenvalue weighted by Gasteiger charge is -2.46. The Kier molecular flexibility index (Phi) is 5.32. The molecule has 1 fully saturated rings. The molecule has 1 aliphatic heterocycles. The van der Waals surface area contributed by atoms with Crippen LogP contribution in [0.1, 0.15) is 38.4 Å². The zero-order valence-electron chi connectivity index (χ0n) is 15.9. The fourth-order valence-electron chi connectivity index (χ4n) is 4.02. The van der Waals surface area contributed by atoms with Crippen LogP contribution in [0.3, 0.4) is 0 Å². The highest BCUT2D eigenvalue weighted by Gasteiger charge is 2.58. The zero-order chi connectivity index (χ0) is 19.7. The van der Waals surface area contributed by atoms with E-state index in [0.717, 1.165) is 24.2 Å². The number of fused-ring (bicyclic) bond motifs is 2. The molecule has 1 aromatic heterocycles. The Morgan fingerprint density at radius 2 is 2.00 bits per heavy atom. The van der Waals surface area contributed by atoms with Crippen LogP contribution in [0.25, 0.3) is 5.57 Å². The molecule has 146 valence electrons. The maximum absolute atomic E-state index is 11.6. The van der Waals surface area contributed by atoms with Crippen molar-refractivity contribution in [3.05, 3.63) is 23.6 Å². The number of rotatable bonds is 6. The molecular weight excluding hydrogens is 366 g/mol. The number of aliphatic carboxylic acids is 1. The van der Waals surface area contributed by atoms with Gasteiger partial charge in [-0.1, -0.05) is 31.8 Å². The SMILES string of the molecule is C#C[C@]1(O[Si](CC)(CC)CC)CC2(OCCO2)c2nocc2C1=CC(=O)O. The smallest absolute Gasteiger partial charge is 0.328 e. The van der Waals surface area contributed by atoms with Crippen molar-refractivity contribution >= 4 is 19.9 Å². The summed E-state index contributed by atoms with van der Waals surface area (Å²) in [6.07, 6.45) is 8.63. The molecule has 8 heteroatoms. The van der Waals surface area contributed by atoms with Crippen molar-refractivity contribution in [2.45, 2.75) is 56.7 Å². The second kappa shape index (κ2) is 7.24. The van der Waals surface area contributed by atoms with Crippen LogP contribution in [0.4, 0.5) is 0 Å². The van der Waals surface area contributed by atoms with Crippen LogP contribution < -0.4 is 0 Å². The van der Waals surface area contributed by atoms with E-state index < -0.39 is 25.7 Å². The number of carbonyl (C=O) groups is 1. The Labute approximate surface area is 159 Å². The Morgan fingerprint density at radius 3 is 2.52 bits per heavy atom. The van der Waals surface area contributed by atoms with E-state index in [1.54, 1.807) is 0 Å². The van der Waals surface area contributed by atoms with Crippen molar-refractivity contribution in [1.82, 2.24) is 5.16 Å². The molecule has 0 amide bonds. The molecule has 0 radical (unpaired) electrons. The molecule has 2 heterocycles. The van der Waals surface area contributed by atoms with Gasteiger partial charge < -0.3 is 23.5 Å². The van der Waals surface area contributed by atoms with E-state index in [9.17, 15) is 9.90 Å². The largest absolute Gasteiger partial charge is 0.478 e. The van der Waals surface area contributed by atoms with E-state index in [1.165, 1.54) is 6.26 Å². The number of terminal acetylenes is 1. The van der Waals surface area contributed by atoms with Gasteiger partial charge in [0.05, 0.1) is 25.2 Å². The highest BCUT2D eigenvalue weighted by Crippen LogP contribution is 2.53. The molecule has 3 rings (SSSR count). The molecule has 1 N–H and O–H groups in total. The molecule has 1 aromatic rings. The summed E-state index contributed by atoms with van der Waals surface area (Å²) in [6, 6.07) is 2.61. The van der Waals surface area contributed by atoms with Gasteiger partial charge in [0, 0.05) is 11.6 Å². The topological polar surface area (TPSA) is 91.0 Å². The first kappa shape index (κ1) is 19.8. The molecule has 2 aliphatic rings. The Morgan fingerprint density at radius 1 is 1.37 bits per heavy atom. The van der Waals surface area contributed by atoms with E-state index >= 15 is 0 Å². The van der Waals surface area contributed by atoms with Gasteiger partial charge >= 0.3 is 5.97 Å². The van der Waals surface area contributed by atoms with E-state index in [1.807, 2.05) is 0 Å². The normalized spacial score (nSPS) is 25.5. The first-order valence-corrected chi connectivity index (χ1v) is 11.8. The minimum Gasteiger partial charge on any atom is -0.478 e. The number of hydrogen-bond donors (Lipinski definition) is 1. The van der Waals surface area contributed by atoms with Crippen LogP contribution in [0.5, 0.6) is 0 Å². The van der Waals surface area contributed by atoms with Crippen molar-refractivity contribution in [3.8, 4) is 12.3 Å². The summed E-state index contributed by atoms with van der Waals surface area (Å²) in [7, 11) is -2.20. The number of hydrogen-bond acceptors (Lipinski definition) is 6. The third kappa shape index (κ3) is 3.15. The standard InChI is InChI=1S/C19H25NO6Si/c1-5-18(26-27(6-2,7-3)8-4)13-19(23-9-10-24-19)17-14(12-25-20-17)15(18)11-16(21)22/h1,11-12H,6-10,13H2,2-4H3,(H,21,22)/t18-/m0/s1. The van der Waals surface area contributed by atoms with Crippen LogP contribution in [-0.4, -0.2) is 43.4 Å². The fraction of sp³-hybridized carbons (Fsp3) is 0.579. The summed E-state index contributed by atoms with van der Waals surface area (Å²) < 4.78 is 23.7. The number of carboxylic acid groups (broad SMARTS) is 1. The number of nitrogens with zero attached hydrogens (tertiary/aromatic N) is 1. The van der Waals surface area contributed by atoms with Crippen LogP contribution in [-0.2, 0) is 24.5 Å². The Bertz CT molecular complexity index is 776. The van der Waals surface area contributed by atoms with Gasteiger partial charge in [-0.2, -0.15) is 0 Å². The first-order valence-electron chi connectivity index (χ1n) is 9.26. The third-order valence-electron chi connectivity index (χ3n) is 5.72. The van der Waals surface area contributed by atoms with Crippen molar-refractivity contribution < 1.29 is 28.3 Å². The monoisotopic (exact) mass is 391 g/mol. The lowest BCUT2D eigenvalue weighted by atomic mass is 9.76. The van der Waals surface area contributed by atoms with E-state index in [0.29, 0.717) is 30.0 Å². The highest BCUT2D eigenvalue weighted by molar-refractivity contribution is 6.73. The van der Waals surface area contributed by atoms with Gasteiger partial charge in [0.2, 0.25) is 5.79 Å². The zero-order valence-corrected chi connectivity index (χ0v) is 16.9. The van der Waals surface area contributed by atoms with Gasteiger partial charge in [0.25, 0.3) is 0 Å². The molecule has 0 saturated carbocycles. The maximum atomic E-state index is 11.6. The minimum absolute atomic E-state index is 0.143. The summed E-state index contributed by atoms with van der Waals surface area (Å²) in [5, 5.41) is 13.5. The van der Waals surface area contributed by atoms with Gasteiger partial charge in [-0.3, -0.25) is 0 Å². The molecule has 7 nitrogen and oxygen atoms in total. The molecule has 1 spiro atoms. The average Bonchev–Trinajstić information content (AvgIpc) is 3.33. The molecule has 0 unspecified atom stereocenters. The summed E-state index contributed by atoms with van der Waals surface area (Å²) in [6.45, 7) is 7.06. The van der Waals surface area contributed by atoms with E-state index in [2.05, 4.69) is 31.8 Å². The van der Waals surface area contributed by atoms with Crippen molar-refractivity contribution in [1.29, 1.82) is 0 Å². The second-order valence-corrected chi connectivity index (χ2v) is 11.6. The summed E-state index contributed by atoms with van der Waals surface area (Å²) >= 11 is 0. The molecule has 1 atom stereocenters. The molecule has 27 heavy (non-hydrogen) atoms. The maximum Gasteiger partial charge on any atom is 0.328 e. The van der Waals surface area contributed by atoms with Gasteiger partial charge in [0.1, 0.15) is 11.9 Å². The van der Waals surface area contributed by atoms with Gasteiger partial charge in [-0.15, -0.1) is 6.42 Å². The molecular formula is C19H25NO6Si. The predicted octanol–water partition coefficient (Wildman–Crippen LogP) is 3.14. The fourth-order valence-corrected chi connectivity index (χ4v) is 6.94.